The van der Waals surface area contributed by atoms with Crippen molar-refractivity contribution in [1.82, 2.24) is 10.2 Å². The number of benzene rings is 1. The van der Waals surface area contributed by atoms with Gasteiger partial charge in [-0.3, -0.25) is 4.79 Å². The Morgan fingerprint density at radius 2 is 1.85 bits per heavy atom. The molecule has 2 amide bonds. The molecule has 1 aromatic rings. The highest BCUT2D eigenvalue weighted by atomic mass is 16.6. The van der Waals surface area contributed by atoms with Crippen molar-refractivity contribution in [3.8, 4) is 5.75 Å². The van der Waals surface area contributed by atoms with Crippen molar-refractivity contribution >= 4 is 17.6 Å². The van der Waals surface area contributed by atoms with Crippen LogP contribution in [0, 0.1) is 11.8 Å². The van der Waals surface area contributed by atoms with Gasteiger partial charge in [-0.1, -0.05) is 18.2 Å². The summed E-state index contributed by atoms with van der Waals surface area (Å²) in [6, 6.07) is 8.25. The third kappa shape index (κ3) is 8.05. The van der Waals surface area contributed by atoms with Crippen LogP contribution in [0.5, 0.6) is 5.75 Å². The number of unbranched alkanes of at least 4 members (excludes halogenated alkanes) is 2. The first kappa shape index (κ1) is 26.1. The summed E-state index contributed by atoms with van der Waals surface area (Å²) in [5.74, 6) is 1.52. The van der Waals surface area contributed by atoms with Crippen LogP contribution in [0.15, 0.2) is 30.3 Å². The molecule has 1 aromatic carbocycles. The molecule has 3 rings (SSSR count). The number of hydrogen-bond acceptors (Lipinski definition) is 5. The van der Waals surface area contributed by atoms with E-state index >= 15 is 0 Å². The summed E-state index contributed by atoms with van der Waals surface area (Å²) < 4.78 is 11.1. The van der Waals surface area contributed by atoms with Crippen molar-refractivity contribution in [3.05, 3.63) is 35.9 Å². The third-order valence-corrected chi connectivity index (χ3v) is 6.77. The van der Waals surface area contributed by atoms with Gasteiger partial charge in [0, 0.05) is 32.2 Å². The predicted octanol–water partition coefficient (Wildman–Crippen LogP) is 4.40. The molecule has 1 saturated heterocycles. The van der Waals surface area contributed by atoms with E-state index in [-0.39, 0.29) is 24.5 Å². The number of carbonyl (C=O) groups is 2. The van der Waals surface area contributed by atoms with Gasteiger partial charge in [-0.2, -0.15) is 0 Å². The molecule has 2 N–H and O–H groups in total. The van der Waals surface area contributed by atoms with Gasteiger partial charge in [-0.15, -0.1) is 0 Å². The Hall–Kier alpha value is -2.54. The Balaban J connectivity index is 1.38. The number of amides is 2. The minimum Gasteiger partial charge on any atom is -0.493 e. The lowest BCUT2D eigenvalue weighted by Gasteiger charge is -2.31. The Kier molecular flexibility index (Phi) is 10.7. The number of carbonyl (C=O) groups excluding carboxylic acids is 2. The highest BCUT2D eigenvalue weighted by Gasteiger charge is 2.24. The smallest absolute Gasteiger partial charge is 0.409 e. The Morgan fingerprint density at radius 3 is 2.50 bits per heavy atom. The van der Waals surface area contributed by atoms with Crippen LogP contribution in [-0.2, 0) is 9.53 Å². The van der Waals surface area contributed by atoms with Crippen LogP contribution < -0.4 is 10.1 Å². The molecule has 7 heteroatoms. The molecule has 1 aliphatic heterocycles. The zero-order valence-electron chi connectivity index (χ0n) is 20.5. The molecule has 0 bridgehead atoms. The minimum absolute atomic E-state index is 0.0550. The molecule has 0 spiro atoms. The zero-order chi connectivity index (χ0) is 24.2. The van der Waals surface area contributed by atoms with Crippen LogP contribution in [0.1, 0.15) is 63.9 Å². The SMILES string of the molecule is CCOC(=O)N1CCC(COc2ccc(C3=CCC(C(=O)NCCCCCO)CC3)cc2)CC1. The van der Waals surface area contributed by atoms with E-state index in [1.807, 2.05) is 19.1 Å². The van der Waals surface area contributed by atoms with Crippen molar-refractivity contribution in [2.24, 2.45) is 11.8 Å². The number of ether oxygens (including phenoxy) is 2. The van der Waals surface area contributed by atoms with Gasteiger partial charge in [0.25, 0.3) is 0 Å². The maximum atomic E-state index is 12.4. The fourth-order valence-electron chi connectivity index (χ4n) is 4.58. The lowest BCUT2D eigenvalue weighted by Crippen LogP contribution is -2.40. The van der Waals surface area contributed by atoms with Gasteiger partial charge < -0.3 is 24.8 Å². The number of nitrogens with zero attached hydrogens (tertiary/aromatic N) is 1. The van der Waals surface area contributed by atoms with E-state index in [2.05, 4.69) is 23.5 Å². The standard InChI is InChI=1S/C27H40N2O5/c1-2-33-27(32)29-17-14-21(15-18-29)20-34-25-12-10-23(11-13-25)22-6-8-24(9-7-22)26(31)28-16-4-3-5-19-30/h6,10-13,21,24,30H,2-5,7-9,14-20H2,1H3,(H,28,31). The van der Waals surface area contributed by atoms with Crippen molar-refractivity contribution in [3.63, 3.8) is 0 Å². The average molecular weight is 473 g/mol. The molecule has 1 heterocycles. The van der Waals surface area contributed by atoms with E-state index in [4.69, 9.17) is 14.6 Å². The van der Waals surface area contributed by atoms with Crippen LogP contribution >= 0.6 is 0 Å². The maximum absolute atomic E-state index is 12.4. The van der Waals surface area contributed by atoms with Gasteiger partial charge in [-0.25, -0.2) is 4.79 Å². The first-order valence-electron chi connectivity index (χ1n) is 12.8. The Bertz CT molecular complexity index is 800. The second-order valence-electron chi connectivity index (χ2n) is 9.24. The van der Waals surface area contributed by atoms with Gasteiger partial charge >= 0.3 is 6.09 Å². The van der Waals surface area contributed by atoms with Gasteiger partial charge in [0.1, 0.15) is 5.75 Å². The number of likely N-dealkylation sites (tertiary alicyclic amines) is 1. The summed E-state index contributed by atoms with van der Waals surface area (Å²) in [5.41, 5.74) is 2.49. The Labute approximate surface area is 203 Å². The average Bonchev–Trinajstić information content (AvgIpc) is 2.88. The zero-order valence-corrected chi connectivity index (χ0v) is 20.5. The fourth-order valence-corrected chi connectivity index (χ4v) is 4.58. The molecule has 1 fully saturated rings. The van der Waals surface area contributed by atoms with Gasteiger partial charge in [0.15, 0.2) is 0 Å². The molecular formula is C27H40N2O5. The molecule has 1 aliphatic carbocycles. The van der Waals surface area contributed by atoms with Crippen molar-refractivity contribution in [2.75, 3.05) is 39.5 Å². The van der Waals surface area contributed by atoms with E-state index in [1.165, 1.54) is 11.1 Å². The third-order valence-electron chi connectivity index (χ3n) is 6.77. The molecule has 34 heavy (non-hydrogen) atoms. The van der Waals surface area contributed by atoms with Crippen molar-refractivity contribution < 1.29 is 24.2 Å². The van der Waals surface area contributed by atoms with Gasteiger partial charge in [0.05, 0.1) is 13.2 Å². The first-order valence-corrected chi connectivity index (χ1v) is 12.8. The first-order chi connectivity index (χ1) is 16.6. The highest BCUT2D eigenvalue weighted by Crippen LogP contribution is 2.31. The maximum Gasteiger partial charge on any atom is 0.409 e. The van der Waals surface area contributed by atoms with E-state index in [1.54, 1.807) is 4.90 Å². The quantitative estimate of drug-likeness (QED) is 0.466. The molecule has 188 valence electrons. The van der Waals surface area contributed by atoms with Crippen molar-refractivity contribution in [1.29, 1.82) is 0 Å². The molecule has 0 saturated carbocycles. The molecule has 0 radical (unpaired) electrons. The number of hydrogen-bond donors (Lipinski definition) is 2. The molecular weight excluding hydrogens is 432 g/mol. The Morgan fingerprint density at radius 1 is 1.09 bits per heavy atom. The fraction of sp³-hybridized carbons (Fsp3) is 0.630. The number of nitrogens with one attached hydrogen (secondary N) is 1. The molecule has 1 atom stereocenters. The number of rotatable bonds is 11. The summed E-state index contributed by atoms with van der Waals surface area (Å²) in [7, 11) is 0. The van der Waals surface area contributed by atoms with Crippen LogP contribution in [-0.4, -0.2) is 61.5 Å². The lowest BCUT2D eigenvalue weighted by molar-refractivity contribution is -0.125. The second kappa shape index (κ2) is 14.0. The van der Waals surface area contributed by atoms with E-state index in [0.29, 0.717) is 25.7 Å². The van der Waals surface area contributed by atoms with Crippen LogP contribution in [0.3, 0.4) is 0 Å². The van der Waals surface area contributed by atoms with Gasteiger partial charge in [0.2, 0.25) is 5.91 Å². The van der Waals surface area contributed by atoms with Crippen LogP contribution in [0.2, 0.25) is 0 Å². The molecule has 7 nitrogen and oxygen atoms in total. The monoisotopic (exact) mass is 472 g/mol. The van der Waals surface area contributed by atoms with Crippen LogP contribution in [0.4, 0.5) is 4.79 Å². The molecule has 2 aliphatic rings. The normalized spacial score (nSPS) is 18.8. The van der Waals surface area contributed by atoms with Crippen molar-refractivity contribution in [2.45, 2.75) is 58.3 Å². The van der Waals surface area contributed by atoms with E-state index in [9.17, 15) is 9.59 Å². The lowest BCUT2D eigenvalue weighted by atomic mass is 9.86. The molecule has 0 aromatic heterocycles. The minimum atomic E-state index is -0.212. The topological polar surface area (TPSA) is 88.1 Å². The van der Waals surface area contributed by atoms with E-state index in [0.717, 1.165) is 70.2 Å². The summed E-state index contributed by atoms with van der Waals surface area (Å²) in [5, 5.41) is 11.9. The van der Waals surface area contributed by atoms with Crippen LogP contribution in [0.25, 0.3) is 5.57 Å². The summed E-state index contributed by atoms with van der Waals surface area (Å²) >= 11 is 0. The number of aliphatic hydroxyl groups is 1. The highest BCUT2D eigenvalue weighted by molar-refractivity contribution is 5.80. The summed E-state index contributed by atoms with van der Waals surface area (Å²) in [4.78, 5) is 26.0. The number of aliphatic hydroxyl groups excluding tert-OH is 1. The number of allylic oxidation sites excluding steroid dienone is 2. The predicted molar refractivity (Wildman–Crippen MR) is 133 cm³/mol. The van der Waals surface area contributed by atoms with Gasteiger partial charge in [-0.05, 0) is 87.5 Å². The number of piperidine rings is 1. The largest absolute Gasteiger partial charge is 0.493 e. The second-order valence-corrected chi connectivity index (χ2v) is 9.24. The summed E-state index contributed by atoms with van der Waals surface area (Å²) in [6.07, 6.45) is 9.07. The molecule has 1 unspecified atom stereocenters. The summed E-state index contributed by atoms with van der Waals surface area (Å²) in [6.45, 7) is 5.26. The van der Waals surface area contributed by atoms with E-state index < -0.39 is 0 Å².